The predicted molar refractivity (Wildman–Crippen MR) is 74.0 cm³/mol. The summed E-state index contributed by atoms with van der Waals surface area (Å²) < 4.78 is 5.54. The monoisotopic (exact) mass is 263 g/mol. The summed E-state index contributed by atoms with van der Waals surface area (Å²) in [7, 11) is 0. The van der Waals surface area contributed by atoms with E-state index >= 15 is 0 Å². The van der Waals surface area contributed by atoms with Gasteiger partial charge in [0.1, 0.15) is 28.7 Å². The molecule has 2 aromatic rings. The molecule has 0 amide bonds. The third kappa shape index (κ3) is 2.85. The molecule has 0 radical (unpaired) electrons. The Morgan fingerprint density at radius 1 is 1.28 bits per heavy atom. The van der Waals surface area contributed by atoms with Crippen molar-refractivity contribution < 1.29 is 4.42 Å². The summed E-state index contributed by atoms with van der Waals surface area (Å²) in [5.74, 6) is 2.72. The van der Waals surface area contributed by atoms with Gasteiger partial charge in [-0.3, -0.25) is 0 Å². The molecule has 18 heavy (non-hydrogen) atoms. The molecule has 0 aliphatic rings. The van der Waals surface area contributed by atoms with Crippen LogP contribution in [0.1, 0.15) is 30.0 Å². The molecule has 0 aliphatic heterocycles. The summed E-state index contributed by atoms with van der Waals surface area (Å²) >= 11 is 1.60. The van der Waals surface area contributed by atoms with Gasteiger partial charge in [-0.25, -0.2) is 9.97 Å². The van der Waals surface area contributed by atoms with Gasteiger partial charge in [-0.2, -0.15) is 0 Å². The molecular formula is C13H17N3OS. The molecule has 2 heterocycles. The third-order valence-electron chi connectivity index (χ3n) is 2.76. The summed E-state index contributed by atoms with van der Waals surface area (Å²) in [6.07, 6.45) is 3.58. The van der Waals surface area contributed by atoms with Crippen molar-refractivity contribution in [1.29, 1.82) is 0 Å². The highest BCUT2D eigenvalue weighted by atomic mass is 32.2. The average Bonchev–Trinajstić information content (AvgIpc) is 2.69. The first kappa shape index (κ1) is 13.0. The molecule has 1 atom stereocenters. The normalized spacial score (nSPS) is 12.4. The van der Waals surface area contributed by atoms with E-state index in [0.717, 1.165) is 27.9 Å². The van der Waals surface area contributed by atoms with Gasteiger partial charge in [0.05, 0.1) is 6.04 Å². The molecule has 0 bridgehead atoms. The van der Waals surface area contributed by atoms with E-state index in [9.17, 15) is 0 Å². The van der Waals surface area contributed by atoms with Crippen LogP contribution in [-0.4, -0.2) is 16.2 Å². The van der Waals surface area contributed by atoms with Crippen LogP contribution in [0.5, 0.6) is 0 Å². The number of hydrogen-bond acceptors (Lipinski definition) is 5. The lowest BCUT2D eigenvalue weighted by atomic mass is 10.1. The van der Waals surface area contributed by atoms with Crippen LogP contribution in [0.3, 0.4) is 0 Å². The third-order valence-corrected chi connectivity index (χ3v) is 3.40. The first-order valence-corrected chi connectivity index (χ1v) is 7.02. The van der Waals surface area contributed by atoms with Gasteiger partial charge < -0.3 is 9.73 Å². The van der Waals surface area contributed by atoms with Crippen LogP contribution in [-0.2, 0) is 0 Å². The number of anilines is 1. The SMILES string of the molecule is CSc1cc(NC(C)c2cc(C)oc2C)ncn1. The Kier molecular flexibility index (Phi) is 3.91. The highest BCUT2D eigenvalue weighted by Crippen LogP contribution is 2.24. The molecule has 96 valence electrons. The van der Waals surface area contributed by atoms with Crippen molar-refractivity contribution in [2.24, 2.45) is 0 Å². The molecular weight excluding hydrogens is 246 g/mol. The second kappa shape index (κ2) is 5.44. The van der Waals surface area contributed by atoms with Gasteiger partial charge in [-0.15, -0.1) is 11.8 Å². The van der Waals surface area contributed by atoms with E-state index in [2.05, 4.69) is 28.3 Å². The molecule has 5 heteroatoms. The number of aryl methyl sites for hydroxylation is 2. The highest BCUT2D eigenvalue weighted by Gasteiger charge is 2.13. The van der Waals surface area contributed by atoms with E-state index in [1.54, 1.807) is 18.1 Å². The summed E-state index contributed by atoms with van der Waals surface area (Å²) in [5, 5.41) is 4.32. The van der Waals surface area contributed by atoms with E-state index in [-0.39, 0.29) is 6.04 Å². The van der Waals surface area contributed by atoms with E-state index in [1.165, 1.54) is 0 Å². The van der Waals surface area contributed by atoms with Crippen molar-refractivity contribution in [2.45, 2.75) is 31.8 Å². The van der Waals surface area contributed by atoms with Crippen molar-refractivity contribution in [2.75, 3.05) is 11.6 Å². The Hall–Kier alpha value is -1.49. The Bertz CT molecular complexity index is 539. The van der Waals surface area contributed by atoms with Gasteiger partial charge in [0.25, 0.3) is 0 Å². The van der Waals surface area contributed by atoms with Crippen LogP contribution in [0.25, 0.3) is 0 Å². The Morgan fingerprint density at radius 3 is 2.67 bits per heavy atom. The zero-order valence-corrected chi connectivity index (χ0v) is 11.8. The molecule has 4 nitrogen and oxygen atoms in total. The topological polar surface area (TPSA) is 51.0 Å². The standard InChI is InChI=1S/C13H17N3OS/c1-8-5-11(10(3)17-8)9(2)16-12-6-13(18-4)15-7-14-12/h5-7,9H,1-4H3,(H,14,15,16). The average molecular weight is 263 g/mol. The summed E-state index contributed by atoms with van der Waals surface area (Å²) in [4.78, 5) is 8.38. The number of nitrogens with one attached hydrogen (secondary N) is 1. The second-order valence-electron chi connectivity index (χ2n) is 4.18. The lowest BCUT2D eigenvalue weighted by Crippen LogP contribution is -2.08. The second-order valence-corrected chi connectivity index (χ2v) is 5.01. The molecule has 0 fully saturated rings. The van der Waals surface area contributed by atoms with Gasteiger partial charge in [-0.1, -0.05) is 0 Å². The fourth-order valence-electron chi connectivity index (χ4n) is 1.91. The van der Waals surface area contributed by atoms with Crippen LogP contribution in [0.15, 0.2) is 27.9 Å². The molecule has 1 N–H and O–H groups in total. The zero-order valence-electron chi connectivity index (χ0n) is 11.0. The molecule has 0 saturated heterocycles. The molecule has 2 rings (SSSR count). The zero-order chi connectivity index (χ0) is 13.1. The van der Waals surface area contributed by atoms with Gasteiger partial charge in [0.2, 0.25) is 0 Å². The number of thioether (sulfide) groups is 1. The maximum atomic E-state index is 5.54. The summed E-state index contributed by atoms with van der Waals surface area (Å²) in [5.41, 5.74) is 1.16. The molecule has 2 aromatic heterocycles. The lowest BCUT2D eigenvalue weighted by Gasteiger charge is -2.13. The van der Waals surface area contributed by atoms with Gasteiger partial charge in [-0.05, 0) is 33.1 Å². The van der Waals surface area contributed by atoms with Crippen LogP contribution in [0.4, 0.5) is 5.82 Å². The quantitative estimate of drug-likeness (QED) is 0.675. The van der Waals surface area contributed by atoms with Gasteiger partial charge in [0, 0.05) is 11.6 Å². The predicted octanol–water partition coefficient (Wildman–Crippen LogP) is 3.58. The van der Waals surface area contributed by atoms with Crippen LogP contribution < -0.4 is 5.32 Å². The fourth-order valence-corrected chi connectivity index (χ4v) is 2.29. The number of furan rings is 1. The van der Waals surface area contributed by atoms with E-state index in [4.69, 9.17) is 4.42 Å². The van der Waals surface area contributed by atoms with E-state index < -0.39 is 0 Å². The molecule has 0 aromatic carbocycles. The van der Waals surface area contributed by atoms with Gasteiger partial charge in [0.15, 0.2) is 0 Å². The van der Waals surface area contributed by atoms with Crippen molar-refractivity contribution >= 4 is 17.6 Å². The van der Waals surface area contributed by atoms with Crippen LogP contribution in [0, 0.1) is 13.8 Å². The number of nitrogens with zero attached hydrogens (tertiary/aromatic N) is 2. The van der Waals surface area contributed by atoms with Gasteiger partial charge >= 0.3 is 0 Å². The fraction of sp³-hybridized carbons (Fsp3) is 0.385. The van der Waals surface area contributed by atoms with Crippen molar-refractivity contribution in [3.8, 4) is 0 Å². The Balaban J connectivity index is 2.15. The lowest BCUT2D eigenvalue weighted by molar-refractivity contribution is 0.499. The molecule has 1 unspecified atom stereocenters. The van der Waals surface area contributed by atoms with Crippen LogP contribution in [0.2, 0.25) is 0 Å². The van der Waals surface area contributed by atoms with Crippen molar-refractivity contribution in [3.05, 3.63) is 35.5 Å². The minimum absolute atomic E-state index is 0.159. The minimum atomic E-state index is 0.159. The largest absolute Gasteiger partial charge is 0.466 e. The molecule has 0 aliphatic carbocycles. The van der Waals surface area contributed by atoms with E-state index in [1.807, 2.05) is 26.2 Å². The molecule has 0 spiro atoms. The first-order chi connectivity index (χ1) is 8.60. The van der Waals surface area contributed by atoms with Crippen molar-refractivity contribution in [1.82, 2.24) is 9.97 Å². The maximum absolute atomic E-state index is 5.54. The number of rotatable bonds is 4. The number of aromatic nitrogens is 2. The summed E-state index contributed by atoms with van der Waals surface area (Å²) in [6, 6.07) is 4.17. The first-order valence-electron chi connectivity index (χ1n) is 5.79. The highest BCUT2D eigenvalue weighted by molar-refractivity contribution is 7.98. The minimum Gasteiger partial charge on any atom is -0.466 e. The Morgan fingerprint density at radius 2 is 2.06 bits per heavy atom. The Labute approximate surface area is 111 Å². The number of hydrogen-bond donors (Lipinski definition) is 1. The summed E-state index contributed by atoms with van der Waals surface area (Å²) in [6.45, 7) is 6.03. The van der Waals surface area contributed by atoms with Crippen LogP contribution >= 0.6 is 11.8 Å². The van der Waals surface area contributed by atoms with Crippen molar-refractivity contribution in [3.63, 3.8) is 0 Å². The maximum Gasteiger partial charge on any atom is 0.130 e. The molecule has 0 saturated carbocycles. The smallest absolute Gasteiger partial charge is 0.130 e. The van der Waals surface area contributed by atoms with E-state index in [0.29, 0.717) is 0 Å².